The molecule has 0 saturated heterocycles. The molecule has 0 aliphatic heterocycles. The molecule has 6 N–H and O–H groups in total. The zero-order valence-corrected chi connectivity index (χ0v) is 6.37. The summed E-state index contributed by atoms with van der Waals surface area (Å²) >= 11 is 0. The summed E-state index contributed by atoms with van der Waals surface area (Å²) in [5.74, 6) is 0. The van der Waals surface area contributed by atoms with Crippen LogP contribution in [0.15, 0.2) is 0 Å². The molecule has 10 heavy (non-hydrogen) atoms. The van der Waals surface area contributed by atoms with Crippen molar-refractivity contribution in [2.24, 2.45) is 11.5 Å². The van der Waals surface area contributed by atoms with Gasteiger partial charge in [-0.05, 0) is 6.92 Å². The van der Waals surface area contributed by atoms with Gasteiger partial charge in [0, 0.05) is 12.6 Å². The summed E-state index contributed by atoms with van der Waals surface area (Å²) in [5.41, 5.74) is 10.2. The minimum Gasteiger partial charge on any atom is -0.329 e. The average Bonchev–Trinajstić information content (AvgIpc) is 1.61. The van der Waals surface area contributed by atoms with E-state index in [2.05, 4.69) is 0 Å². The fourth-order valence-corrected chi connectivity index (χ4v) is 0. The van der Waals surface area contributed by atoms with Crippen molar-refractivity contribution in [2.45, 2.75) is 13.0 Å². The second-order valence-electron chi connectivity index (χ2n) is 1.66. The highest BCUT2D eigenvalue weighted by molar-refractivity contribution is 7.79. The van der Waals surface area contributed by atoms with Crippen LogP contribution in [0.5, 0.6) is 0 Å². The smallest absolute Gasteiger partial charge is 0.329 e. The van der Waals surface area contributed by atoms with Crippen molar-refractivity contribution in [1.29, 1.82) is 0 Å². The molecule has 0 aromatic carbocycles. The predicted octanol–water partition coefficient (Wildman–Crippen LogP) is -1.36. The quantitative estimate of drug-likeness (QED) is 0.362. The lowest BCUT2D eigenvalue weighted by Gasteiger charge is -1.92. The molecular weight excluding hydrogens is 160 g/mol. The fourth-order valence-electron chi connectivity index (χ4n) is 0. The molecule has 1 atom stereocenters. The van der Waals surface area contributed by atoms with E-state index in [4.69, 9.17) is 29.0 Å². The van der Waals surface area contributed by atoms with Crippen LogP contribution in [0.3, 0.4) is 0 Å². The second-order valence-corrected chi connectivity index (χ2v) is 2.56. The highest BCUT2D eigenvalue weighted by atomic mass is 32.3. The summed E-state index contributed by atoms with van der Waals surface area (Å²) in [6.07, 6.45) is 0. The van der Waals surface area contributed by atoms with E-state index < -0.39 is 10.4 Å². The summed E-state index contributed by atoms with van der Waals surface area (Å²) in [4.78, 5) is 0. The molecule has 0 fully saturated rings. The zero-order chi connectivity index (χ0) is 8.78. The third kappa shape index (κ3) is 112. The highest BCUT2D eigenvalue weighted by Crippen LogP contribution is 1.59. The number of rotatable bonds is 1. The largest absolute Gasteiger partial charge is 0.394 e. The molecule has 0 spiro atoms. The van der Waals surface area contributed by atoms with E-state index in [1.54, 1.807) is 0 Å². The molecule has 64 valence electrons. The Morgan fingerprint density at radius 1 is 1.50 bits per heavy atom. The second kappa shape index (κ2) is 5.57. The van der Waals surface area contributed by atoms with Crippen molar-refractivity contribution < 1.29 is 17.5 Å². The molecule has 0 bridgehead atoms. The first-order valence-corrected chi connectivity index (χ1v) is 3.82. The van der Waals surface area contributed by atoms with Crippen molar-refractivity contribution in [3.63, 3.8) is 0 Å². The Morgan fingerprint density at radius 3 is 1.60 bits per heavy atom. The summed E-state index contributed by atoms with van der Waals surface area (Å²) < 4.78 is 31.6. The van der Waals surface area contributed by atoms with Gasteiger partial charge in [-0.15, -0.1) is 0 Å². The summed E-state index contributed by atoms with van der Waals surface area (Å²) in [5, 5.41) is 0. The van der Waals surface area contributed by atoms with E-state index in [0.717, 1.165) is 0 Å². The van der Waals surface area contributed by atoms with Gasteiger partial charge in [-0.3, -0.25) is 9.11 Å². The first-order valence-electron chi connectivity index (χ1n) is 2.43. The van der Waals surface area contributed by atoms with Gasteiger partial charge in [0.1, 0.15) is 0 Å². The Labute approximate surface area is 59.8 Å². The zero-order valence-electron chi connectivity index (χ0n) is 5.56. The van der Waals surface area contributed by atoms with E-state index in [9.17, 15) is 0 Å². The van der Waals surface area contributed by atoms with Crippen LogP contribution in [0.25, 0.3) is 0 Å². The SMILES string of the molecule is CC(N)CN.O=S(=O)(O)O. The van der Waals surface area contributed by atoms with Crippen LogP contribution in [0.2, 0.25) is 0 Å². The maximum absolute atomic E-state index is 8.74. The summed E-state index contributed by atoms with van der Waals surface area (Å²) in [7, 11) is -4.67. The third-order valence-electron chi connectivity index (χ3n) is 0.372. The van der Waals surface area contributed by atoms with Crippen LogP contribution in [0, 0.1) is 0 Å². The van der Waals surface area contributed by atoms with E-state index >= 15 is 0 Å². The lowest BCUT2D eigenvalue weighted by atomic mass is 10.4. The van der Waals surface area contributed by atoms with Gasteiger partial charge >= 0.3 is 10.4 Å². The Balaban J connectivity index is 0. The normalized spacial score (nSPS) is 13.3. The van der Waals surface area contributed by atoms with E-state index in [1.165, 1.54) is 0 Å². The molecule has 7 heteroatoms. The van der Waals surface area contributed by atoms with Gasteiger partial charge in [-0.25, -0.2) is 0 Å². The first kappa shape index (κ1) is 12.5. The molecule has 6 nitrogen and oxygen atoms in total. The van der Waals surface area contributed by atoms with Crippen molar-refractivity contribution in [2.75, 3.05) is 6.54 Å². The van der Waals surface area contributed by atoms with E-state index in [0.29, 0.717) is 6.54 Å². The molecule has 0 aromatic heterocycles. The topological polar surface area (TPSA) is 127 Å². The van der Waals surface area contributed by atoms with Gasteiger partial charge < -0.3 is 11.5 Å². The molecule has 0 rings (SSSR count). The van der Waals surface area contributed by atoms with Crippen molar-refractivity contribution in [3.05, 3.63) is 0 Å². The Morgan fingerprint density at radius 2 is 1.60 bits per heavy atom. The van der Waals surface area contributed by atoms with E-state index in [-0.39, 0.29) is 6.04 Å². The summed E-state index contributed by atoms with van der Waals surface area (Å²) in [6.45, 7) is 2.46. The Hall–Kier alpha value is -0.210. The van der Waals surface area contributed by atoms with Gasteiger partial charge in [0.15, 0.2) is 0 Å². The van der Waals surface area contributed by atoms with Crippen LogP contribution in [0.4, 0.5) is 0 Å². The van der Waals surface area contributed by atoms with Crippen molar-refractivity contribution in [3.8, 4) is 0 Å². The first-order chi connectivity index (χ1) is 4.27. The average molecular weight is 172 g/mol. The molecule has 0 saturated carbocycles. The monoisotopic (exact) mass is 172 g/mol. The van der Waals surface area contributed by atoms with Crippen LogP contribution in [0.1, 0.15) is 6.92 Å². The predicted molar refractivity (Wildman–Crippen MR) is 36.9 cm³/mol. The lowest BCUT2D eigenvalue weighted by Crippen LogP contribution is -2.25. The van der Waals surface area contributed by atoms with Crippen LogP contribution >= 0.6 is 0 Å². The maximum Gasteiger partial charge on any atom is 0.394 e. The van der Waals surface area contributed by atoms with Crippen LogP contribution in [-0.4, -0.2) is 30.1 Å². The summed E-state index contributed by atoms with van der Waals surface area (Å²) in [6, 6.07) is 0.162. The molecule has 0 amide bonds. The molecule has 0 aromatic rings. The van der Waals surface area contributed by atoms with Gasteiger partial charge in [0.05, 0.1) is 0 Å². The molecule has 0 heterocycles. The van der Waals surface area contributed by atoms with Crippen LogP contribution < -0.4 is 11.5 Å². The van der Waals surface area contributed by atoms with Gasteiger partial charge in [0.2, 0.25) is 0 Å². The number of hydrogen-bond donors (Lipinski definition) is 4. The van der Waals surface area contributed by atoms with Crippen LogP contribution in [-0.2, 0) is 10.4 Å². The van der Waals surface area contributed by atoms with Gasteiger partial charge in [-0.1, -0.05) is 0 Å². The van der Waals surface area contributed by atoms with Gasteiger partial charge in [-0.2, -0.15) is 8.42 Å². The maximum atomic E-state index is 8.74. The molecule has 0 aliphatic carbocycles. The minimum atomic E-state index is -4.67. The van der Waals surface area contributed by atoms with E-state index in [1.807, 2.05) is 6.92 Å². The lowest BCUT2D eigenvalue weighted by molar-refractivity contribution is 0.381. The molecule has 1 unspecified atom stereocenters. The Kier molecular flexibility index (Phi) is 6.94. The van der Waals surface area contributed by atoms with Gasteiger partial charge in [0.25, 0.3) is 0 Å². The number of nitrogens with two attached hydrogens (primary N) is 2. The van der Waals surface area contributed by atoms with Crippen molar-refractivity contribution in [1.82, 2.24) is 0 Å². The third-order valence-corrected chi connectivity index (χ3v) is 0.372. The standard InChI is InChI=1S/C3H10N2.H2O4S/c1-3(5)2-4;1-5(2,3)4/h3H,2,4-5H2,1H3;(H2,1,2,3,4). The Bertz CT molecular complexity index is 144. The number of hydrogen-bond acceptors (Lipinski definition) is 4. The molecular formula is C3H12N2O4S. The molecule has 0 aliphatic rings. The van der Waals surface area contributed by atoms with Crippen molar-refractivity contribution >= 4 is 10.4 Å². The highest BCUT2D eigenvalue weighted by Gasteiger charge is 1.84. The molecule has 0 radical (unpaired) electrons. The fraction of sp³-hybridized carbons (Fsp3) is 1.00. The minimum absolute atomic E-state index is 0.162.